The van der Waals surface area contributed by atoms with E-state index < -0.39 is 23.9 Å². The summed E-state index contributed by atoms with van der Waals surface area (Å²) < 4.78 is 25.6. The van der Waals surface area contributed by atoms with E-state index in [0.29, 0.717) is 0 Å². The van der Waals surface area contributed by atoms with Crippen molar-refractivity contribution in [1.29, 1.82) is 0 Å². The lowest BCUT2D eigenvalue weighted by molar-refractivity contribution is -0.000947. The molecular weight excluding hydrogens is 166 g/mol. The third-order valence-corrected chi connectivity index (χ3v) is 1.39. The fourth-order valence-corrected chi connectivity index (χ4v) is 0.775. The van der Waals surface area contributed by atoms with Gasteiger partial charge >= 0.3 is 5.92 Å². The van der Waals surface area contributed by atoms with Crippen LogP contribution in [0.5, 0.6) is 5.75 Å². The topological polar surface area (TPSA) is 59.1 Å². The zero-order valence-electron chi connectivity index (χ0n) is 6.17. The first-order valence-corrected chi connectivity index (χ1v) is 3.30. The van der Waals surface area contributed by atoms with E-state index in [-0.39, 0.29) is 0 Å². The lowest BCUT2D eigenvalue weighted by atomic mass is 10.2. The van der Waals surface area contributed by atoms with Crippen molar-refractivity contribution in [2.45, 2.75) is 5.92 Å². The SMILES string of the molecule is NCC(F)(F)c1ncccc1O. The van der Waals surface area contributed by atoms with E-state index in [9.17, 15) is 8.78 Å². The first kappa shape index (κ1) is 8.86. The van der Waals surface area contributed by atoms with Crippen LogP contribution in [0.2, 0.25) is 0 Å². The third kappa shape index (κ3) is 1.50. The molecule has 12 heavy (non-hydrogen) atoms. The van der Waals surface area contributed by atoms with Crippen molar-refractivity contribution in [3.05, 3.63) is 24.0 Å². The molecule has 66 valence electrons. The molecule has 0 aliphatic heterocycles. The maximum atomic E-state index is 12.8. The second-order valence-corrected chi connectivity index (χ2v) is 2.28. The highest BCUT2D eigenvalue weighted by molar-refractivity contribution is 5.28. The summed E-state index contributed by atoms with van der Waals surface area (Å²) in [6.45, 7) is -0.864. The molecule has 0 amide bonds. The smallest absolute Gasteiger partial charge is 0.305 e. The number of halogens is 2. The zero-order valence-corrected chi connectivity index (χ0v) is 6.17. The molecule has 0 saturated heterocycles. The molecule has 1 aromatic rings. The number of aromatic nitrogens is 1. The standard InChI is InChI=1S/C7H8F2N2O/c8-7(9,4-10)6-5(12)2-1-3-11-6/h1-3,12H,4,10H2. The van der Waals surface area contributed by atoms with E-state index in [1.54, 1.807) is 0 Å². The van der Waals surface area contributed by atoms with Crippen molar-refractivity contribution < 1.29 is 13.9 Å². The number of alkyl halides is 2. The van der Waals surface area contributed by atoms with E-state index in [0.717, 1.165) is 6.07 Å². The Morgan fingerprint density at radius 1 is 1.58 bits per heavy atom. The summed E-state index contributed by atoms with van der Waals surface area (Å²) in [4.78, 5) is 3.34. The molecule has 0 radical (unpaired) electrons. The number of hydrogen-bond donors (Lipinski definition) is 2. The quantitative estimate of drug-likeness (QED) is 0.698. The molecule has 0 spiro atoms. The Morgan fingerprint density at radius 3 is 2.75 bits per heavy atom. The van der Waals surface area contributed by atoms with Gasteiger partial charge in [0, 0.05) is 6.20 Å². The monoisotopic (exact) mass is 174 g/mol. The van der Waals surface area contributed by atoms with Crippen molar-refractivity contribution in [2.24, 2.45) is 5.73 Å². The van der Waals surface area contributed by atoms with Crippen LogP contribution in [0.15, 0.2) is 18.3 Å². The minimum Gasteiger partial charge on any atom is -0.506 e. The minimum atomic E-state index is -3.26. The van der Waals surface area contributed by atoms with Gasteiger partial charge in [0.25, 0.3) is 0 Å². The molecule has 0 bridgehead atoms. The Morgan fingerprint density at radius 2 is 2.25 bits per heavy atom. The van der Waals surface area contributed by atoms with Crippen LogP contribution in [0.4, 0.5) is 8.78 Å². The second-order valence-electron chi connectivity index (χ2n) is 2.28. The highest BCUT2D eigenvalue weighted by atomic mass is 19.3. The van der Waals surface area contributed by atoms with E-state index >= 15 is 0 Å². The molecule has 0 atom stereocenters. The molecule has 1 heterocycles. The number of hydrogen-bond acceptors (Lipinski definition) is 3. The number of rotatable bonds is 2. The van der Waals surface area contributed by atoms with E-state index in [1.807, 2.05) is 0 Å². The summed E-state index contributed by atoms with van der Waals surface area (Å²) >= 11 is 0. The molecule has 1 rings (SSSR count). The van der Waals surface area contributed by atoms with Crippen LogP contribution in [0.3, 0.4) is 0 Å². The Labute approximate surface area is 67.8 Å². The lowest BCUT2D eigenvalue weighted by Crippen LogP contribution is -2.26. The number of aromatic hydroxyl groups is 1. The number of nitrogens with zero attached hydrogens (tertiary/aromatic N) is 1. The van der Waals surface area contributed by atoms with Gasteiger partial charge in [0.1, 0.15) is 5.75 Å². The predicted molar refractivity (Wildman–Crippen MR) is 38.9 cm³/mol. The van der Waals surface area contributed by atoms with Gasteiger partial charge in [-0.3, -0.25) is 4.98 Å². The fraction of sp³-hybridized carbons (Fsp3) is 0.286. The molecule has 3 nitrogen and oxygen atoms in total. The zero-order chi connectivity index (χ0) is 9.19. The van der Waals surface area contributed by atoms with E-state index in [1.165, 1.54) is 12.3 Å². The van der Waals surface area contributed by atoms with Gasteiger partial charge in [-0.2, -0.15) is 8.78 Å². The van der Waals surface area contributed by atoms with Crippen molar-refractivity contribution in [3.63, 3.8) is 0 Å². The normalized spacial score (nSPS) is 11.6. The van der Waals surface area contributed by atoms with Gasteiger partial charge < -0.3 is 10.8 Å². The van der Waals surface area contributed by atoms with Crippen LogP contribution in [-0.4, -0.2) is 16.6 Å². The van der Waals surface area contributed by atoms with Gasteiger partial charge in [-0.1, -0.05) is 0 Å². The average molecular weight is 174 g/mol. The molecule has 0 aromatic carbocycles. The van der Waals surface area contributed by atoms with Gasteiger partial charge in [0.2, 0.25) is 0 Å². The summed E-state index contributed by atoms with van der Waals surface area (Å²) in [6.07, 6.45) is 1.18. The van der Waals surface area contributed by atoms with Crippen molar-refractivity contribution in [3.8, 4) is 5.75 Å². The van der Waals surface area contributed by atoms with Gasteiger partial charge in [-0.15, -0.1) is 0 Å². The van der Waals surface area contributed by atoms with Gasteiger partial charge in [-0.25, -0.2) is 0 Å². The number of pyridine rings is 1. The van der Waals surface area contributed by atoms with Crippen LogP contribution in [0.1, 0.15) is 5.69 Å². The average Bonchev–Trinajstić information content (AvgIpc) is 2.05. The fourth-order valence-electron chi connectivity index (χ4n) is 0.775. The lowest BCUT2D eigenvalue weighted by Gasteiger charge is -2.13. The van der Waals surface area contributed by atoms with Crippen LogP contribution in [-0.2, 0) is 5.92 Å². The van der Waals surface area contributed by atoms with E-state index in [2.05, 4.69) is 4.98 Å². The summed E-state index contributed by atoms with van der Waals surface area (Å²) in [7, 11) is 0. The summed E-state index contributed by atoms with van der Waals surface area (Å²) in [5, 5.41) is 8.98. The molecule has 0 aliphatic carbocycles. The Bertz CT molecular complexity index is 278. The Kier molecular flexibility index (Phi) is 2.23. The maximum absolute atomic E-state index is 12.8. The Balaban J connectivity index is 3.10. The van der Waals surface area contributed by atoms with Gasteiger partial charge in [0.15, 0.2) is 5.69 Å². The van der Waals surface area contributed by atoms with Gasteiger partial charge in [-0.05, 0) is 12.1 Å². The molecule has 0 saturated carbocycles. The second kappa shape index (κ2) is 3.02. The van der Waals surface area contributed by atoms with E-state index in [4.69, 9.17) is 10.8 Å². The molecule has 3 N–H and O–H groups in total. The number of nitrogens with two attached hydrogens (primary N) is 1. The predicted octanol–water partition coefficient (Wildman–Crippen LogP) is 0.838. The summed E-state index contributed by atoms with van der Waals surface area (Å²) in [5.74, 6) is -3.79. The van der Waals surface area contributed by atoms with Crippen LogP contribution < -0.4 is 5.73 Å². The first-order chi connectivity index (χ1) is 5.58. The van der Waals surface area contributed by atoms with Crippen molar-refractivity contribution in [2.75, 3.05) is 6.54 Å². The van der Waals surface area contributed by atoms with Crippen LogP contribution in [0, 0.1) is 0 Å². The highest BCUT2D eigenvalue weighted by Crippen LogP contribution is 2.30. The molecule has 0 fully saturated rings. The first-order valence-electron chi connectivity index (χ1n) is 3.30. The Hall–Kier alpha value is -1.23. The minimum absolute atomic E-state index is 0.534. The summed E-state index contributed by atoms with van der Waals surface area (Å²) in [6, 6.07) is 2.51. The molecule has 1 aromatic heterocycles. The van der Waals surface area contributed by atoms with Gasteiger partial charge in [0.05, 0.1) is 6.54 Å². The molecule has 5 heteroatoms. The van der Waals surface area contributed by atoms with Crippen molar-refractivity contribution >= 4 is 0 Å². The highest BCUT2D eigenvalue weighted by Gasteiger charge is 2.33. The van der Waals surface area contributed by atoms with Crippen LogP contribution >= 0.6 is 0 Å². The summed E-state index contributed by atoms with van der Waals surface area (Å²) in [5.41, 5.74) is 4.13. The van der Waals surface area contributed by atoms with Crippen LogP contribution in [0.25, 0.3) is 0 Å². The molecule has 0 unspecified atom stereocenters. The van der Waals surface area contributed by atoms with Crippen molar-refractivity contribution in [1.82, 2.24) is 4.98 Å². The third-order valence-electron chi connectivity index (χ3n) is 1.39. The molecular formula is C7H8F2N2O. The molecule has 0 aliphatic rings. The largest absolute Gasteiger partial charge is 0.506 e. The maximum Gasteiger partial charge on any atom is 0.305 e.